The lowest BCUT2D eigenvalue weighted by atomic mass is 10.2. The van der Waals surface area contributed by atoms with E-state index in [1.54, 1.807) is 69.5 Å². The Morgan fingerprint density at radius 1 is 0.900 bits per heavy atom. The molecule has 1 atom stereocenters. The van der Waals surface area contributed by atoms with E-state index < -0.39 is 6.10 Å². The zero-order valence-electron chi connectivity index (χ0n) is 17.4. The Balaban J connectivity index is 1.81. The number of methoxy groups -OCH3 is 1. The molecule has 30 heavy (non-hydrogen) atoms. The van der Waals surface area contributed by atoms with Gasteiger partial charge in [-0.3, -0.25) is 14.4 Å². The molecule has 8 heteroatoms. The summed E-state index contributed by atoms with van der Waals surface area (Å²) >= 11 is 0. The first-order valence-electron chi connectivity index (χ1n) is 9.69. The van der Waals surface area contributed by atoms with Gasteiger partial charge in [0.1, 0.15) is 11.5 Å². The molecule has 160 valence electrons. The Labute approximate surface area is 175 Å². The molecule has 1 unspecified atom stereocenters. The first-order chi connectivity index (χ1) is 14.4. The molecule has 0 saturated carbocycles. The number of benzene rings is 2. The van der Waals surface area contributed by atoms with Crippen LogP contribution in [-0.4, -0.2) is 44.0 Å². The van der Waals surface area contributed by atoms with Crippen molar-refractivity contribution in [1.82, 2.24) is 10.6 Å². The summed E-state index contributed by atoms with van der Waals surface area (Å²) in [6.45, 7) is 4.13. The Bertz CT molecular complexity index is 850. The molecule has 2 rings (SSSR count). The summed E-state index contributed by atoms with van der Waals surface area (Å²) in [5, 5.41) is 8.16. The number of ether oxygens (including phenoxy) is 2. The summed E-state index contributed by atoms with van der Waals surface area (Å²) in [7, 11) is 1.58. The van der Waals surface area contributed by atoms with Gasteiger partial charge in [-0.25, -0.2) is 0 Å². The highest BCUT2D eigenvalue weighted by atomic mass is 16.5. The van der Waals surface area contributed by atoms with Gasteiger partial charge >= 0.3 is 0 Å². The van der Waals surface area contributed by atoms with Crippen LogP contribution in [0.25, 0.3) is 0 Å². The van der Waals surface area contributed by atoms with Gasteiger partial charge < -0.3 is 25.4 Å². The molecule has 0 aliphatic rings. The first kappa shape index (κ1) is 22.7. The van der Waals surface area contributed by atoms with E-state index in [0.717, 1.165) is 0 Å². The molecule has 8 nitrogen and oxygen atoms in total. The second-order valence-corrected chi connectivity index (χ2v) is 6.46. The Morgan fingerprint density at radius 3 is 2.10 bits per heavy atom. The molecule has 3 N–H and O–H groups in total. The molecule has 0 saturated heterocycles. The number of nitrogens with one attached hydrogen (secondary N) is 3. The molecule has 2 aromatic carbocycles. The van der Waals surface area contributed by atoms with Gasteiger partial charge in [0.2, 0.25) is 5.91 Å². The highest BCUT2D eigenvalue weighted by Gasteiger charge is 2.15. The van der Waals surface area contributed by atoms with Crippen molar-refractivity contribution < 1.29 is 23.9 Å². The third-order valence-electron chi connectivity index (χ3n) is 4.21. The Morgan fingerprint density at radius 2 is 1.50 bits per heavy atom. The minimum absolute atomic E-state index is 0.0606. The molecule has 0 aliphatic carbocycles. The van der Waals surface area contributed by atoms with Crippen molar-refractivity contribution in [3.63, 3.8) is 0 Å². The van der Waals surface area contributed by atoms with E-state index in [9.17, 15) is 14.4 Å². The van der Waals surface area contributed by atoms with Gasteiger partial charge in [-0.2, -0.15) is 0 Å². The van der Waals surface area contributed by atoms with Crippen LogP contribution in [0.4, 0.5) is 5.69 Å². The third kappa shape index (κ3) is 7.12. The molecule has 0 radical (unpaired) electrons. The molecular formula is C22H27N3O5. The molecule has 0 aromatic heterocycles. The van der Waals surface area contributed by atoms with E-state index in [4.69, 9.17) is 9.47 Å². The maximum atomic E-state index is 12.3. The third-order valence-corrected chi connectivity index (χ3v) is 4.21. The molecule has 0 bridgehead atoms. The standard InChI is InChI=1S/C22H27N3O5/c1-4-20(26)23-13-14-24-22(28)16-5-7-17(8-6-16)25-21(27)15(2)30-19-11-9-18(29-3)10-12-19/h5-12,15H,4,13-14H2,1-3H3,(H,23,26)(H,24,28)(H,25,27). The van der Waals surface area contributed by atoms with Gasteiger partial charge in [0.05, 0.1) is 7.11 Å². The SMILES string of the molecule is CCC(=O)NCCNC(=O)c1ccc(NC(=O)C(C)Oc2ccc(OC)cc2)cc1. The number of anilines is 1. The second-order valence-electron chi connectivity index (χ2n) is 6.46. The fraction of sp³-hybridized carbons (Fsp3) is 0.318. The van der Waals surface area contributed by atoms with Crippen molar-refractivity contribution >= 4 is 23.4 Å². The van der Waals surface area contributed by atoms with Crippen molar-refractivity contribution in [3.8, 4) is 11.5 Å². The van der Waals surface area contributed by atoms with Crippen LogP contribution in [0.2, 0.25) is 0 Å². The van der Waals surface area contributed by atoms with Crippen LogP contribution in [0.5, 0.6) is 11.5 Å². The summed E-state index contributed by atoms with van der Waals surface area (Å²) < 4.78 is 10.7. The Kier molecular flexibility index (Phi) is 8.68. The fourth-order valence-electron chi connectivity index (χ4n) is 2.47. The average molecular weight is 413 g/mol. The van der Waals surface area contributed by atoms with E-state index in [2.05, 4.69) is 16.0 Å². The predicted molar refractivity (Wildman–Crippen MR) is 114 cm³/mol. The fourth-order valence-corrected chi connectivity index (χ4v) is 2.47. The maximum Gasteiger partial charge on any atom is 0.265 e. The highest BCUT2D eigenvalue weighted by molar-refractivity contribution is 5.96. The average Bonchev–Trinajstić information content (AvgIpc) is 2.77. The molecule has 0 heterocycles. The van der Waals surface area contributed by atoms with Gasteiger partial charge in [0, 0.05) is 30.8 Å². The lowest BCUT2D eigenvalue weighted by Crippen LogP contribution is -2.34. The first-order valence-corrected chi connectivity index (χ1v) is 9.69. The maximum absolute atomic E-state index is 12.3. The van der Waals surface area contributed by atoms with Crippen LogP contribution in [0.15, 0.2) is 48.5 Å². The minimum Gasteiger partial charge on any atom is -0.497 e. The van der Waals surface area contributed by atoms with Crippen molar-refractivity contribution in [1.29, 1.82) is 0 Å². The van der Waals surface area contributed by atoms with E-state index in [1.807, 2.05) is 0 Å². The minimum atomic E-state index is -0.709. The zero-order valence-corrected chi connectivity index (χ0v) is 17.4. The molecule has 0 aliphatic heterocycles. The predicted octanol–water partition coefficient (Wildman–Crippen LogP) is 2.36. The topological polar surface area (TPSA) is 106 Å². The number of hydrogen-bond acceptors (Lipinski definition) is 5. The normalized spacial score (nSPS) is 11.2. The number of carbonyl (C=O) groups excluding carboxylic acids is 3. The van der Waals surface area contributed by atoms with Crippen molar-refractivity contribution in [2.75, 3.05) is 25.5 Å². The van der Waals surface area contributed by atoms with Crippen LogP contribution < -0.4 is 25.4 Å². The summed E-state index contributed by atoms with van der Waals surface area (Å²) in [6, 6.07) is 13.5. The van der Waals surface area contributed by atoms with Gasteiger partial charge in [0.15, 0.2) is 6.10 Å². The van der Waals surface area contributed by atoms with Crippen LogP contribution in [0.1, 0.15) is 30.6 Å². The van der Waals surface area contributed by atoms with Gasteiger partial charge in [-0.1, -0.05) is 6.92 Å². The molecule has 2 aromatic rings. The smallest absolute Gasteiger partial charge is 0.265 e. The lowest BCUT2D eigenvalue weighted by molar-refractivity contribution is -0.122. The molecule has 3 amide bonds. The summed E-state index contributed by atoms with van der Waals surface area (Å²) in [6.07, 6.45) is -0.301. The molecule has 0 spiro atoms. The molecule has 0 fully saturated rings. The molecular weight excluding hydrogens is 386 g/mol. The van der Waals surface area contributed by atoms with Gasteiger partial charge in [0.25, 0.3) is 11.8 Å². The summed E-state index contributed by atoms with van der Waals surface area (Å²) in [5.41, 5.74) is 1.01. The Hall–Kier alpha value is -3.55. The van der Waals surface area contributed by atoms with E-state index in [1.165, 1.54) is 0 Å². The largest absolute Gasteiger partial charge is 0.497 e. The van der Waals surface area contributed by atoms with Crippen molar-refractivity contribution in [3.05, 3.63) is 54.1 Å². The van der Waals surface area contributed by atoms with E-state index >= 15 is 0 Å². The van der Waals surface area contributed by atoms with Crippen LogP contribution in [0.3, 0.4) is 0 Å². The van der Waals surface area contributed by atoms with Crippen LogP contribution in [0, 0.1) is 0 Å². The van der Waals surface area contributed by atoms with Crippen molar-refractivity contribution in [2.24, 2.45) is 0 Å². The van der Waals surface area contributed by atoms with Crippen molar-refractivity contribution in [2.45, 2.75) is 26.4 Å². The van der Waals surface area contributed by atoms with E-state index in [0.29, 0.717) is 42.3 Å². The highest BCUT2D eigenvalue weighted by Crippen LogP contribution is 2.18. The number of hydrogen-bond donors (Lipinski definition) is 3. The number of rotatable bonds is 10. The number of amides is 3. The van der Waals surface area contributed by atoms with Crippen LogP contribution >= 0.6 is 0 Å². The summed E-state index contributed by atoms with van der Waals surface area (Å²) in [4.78, 5) is 35.6. The van der Waals surface area contributed by atoms with E-state index in [-0.39, 0.29) is 17.7 Å². The monoisotopic (exact) mass is 413 g/mol. The van der Waals surface area contributed by atoms with Crippen LogP contribution in [-0.2, 0) is 9.59 Å². The second kappa shape index (κ2) is 11.5. The summed E-state index contributed by atoms with van der Waals surface area (Å²) in [5.74, 6) is 0.633. The zero-order chi connectivity index (χ0) is 21.9. The number of carbonyl (C=O) groups is 3. The quantitative estimate of drug-likeness (QED) is 0.519. The van der Waals surface area contributed by atoms with Gasteiger partial charge in [-0.05, 0) is 55.5 Å². The van der Waals surface area contributed by atoms with Gasteiger partial charge in [-0.15, -0.1) is 0 Å². The lowest BCUT2D eigenvalue weighted by Gasteiger charge is -2.15.